The zero-order chi connectivity index (χ0) is 13.9. The Morgan fingerprint density at radius 1 is 1.50 bits per heavy atom. The smallest absolute Gasteiger partial charge is 0.505 e. The van der Waals surface area contributed by atoms with E-state index in [-0.39, 0.29) is 0 Å². The molecule has 0 fully saturated rings. The highest BCUT2D eigenvalue weighted by Gasteiger charge is 2.33. The third-order valence-electron chi connectivity index (χ3n) is 1.86. The first-order valence-corrected chi connectivity index (χ1v) is 4.41. The number of alkyl halides is 4. The first kappa shape index (κ1) is 14.0. The third-order valence-corrected chi connectivity index (χ3v) is 1.86. The first-order valence-electron chi connectivity index (χ1n) is 4.41. The Hall–Kier alpha value is -2.06. The van der Waals surface area contributed by atoms with Gasteiger partial charge in [0, 0.05) is 0 Å². The van der Waals surface area contributed by atoms with E-state index in [1.54, 1.807) is 0 Å². The molecule has 0 unspecified atom stereocenters. The second-order valence-corrected chi connectivity index (χ2v) is 2.97. The zero-order valence-corrected chi connectivity index (χ0v) is 8.92. The standard InChI is InChI=1S/C9H7F4NO4/c1-17-8(16)6-7(15)4(2-10)5(3-14-6)18-9(11,12)13/h3,15H,2H2,1H3. The number of esters is 1. The van der Waals surface area contributed by atoms with Crippen molar-refractivity contribution >= 4 is 5.97 Å². The van der Waals surface area contributed by atoms with Crippen molar-refractivity contribution in [1.82, 2.24) is 4.98 Å². The van der Waals surface area contributed by atoms with Crippen molar-refractivity contribution in [1.29, 1.82) is 0 Å². The van der Waals surface area contributed by atoms with Gasteiger partial charge in [0.2, 0.25) is 0 Å². The Labute approximate surface area is 98.0 Å². The maximum Gasteiger partial charge on any atom is 0.573 e. The predicted molar refractivity (Wildman–Crippen MR) is 48.7 cm³/mol. The van der Waals surface area contributed by atoms with Crippen LogP contribution in [0.2, 0.25) is 0 Å². The molecular weight excluding hydrogens is 262 g/mol. The van der Waals surface area contributed by atoms with Gasteiger partial charge in [-0.05, 0) is 0 Å². The molecule has 0 aliphatic carbocycles. The van der Waals surface area contributed by atoms with Crippen molar-refractivity contribution in [2.45, 2.75) is 13.0 Å². The van der Waals surface area contributed by atoms with Gasteiger partial charge in [-0.3, -0.25) is 0 Å². The molecule has 0 saturated carbocycles. The fourth-order valence-corrected chi connectivity index (χ4v) is 1.11. The molecule has 0 aromatic carbocycles. The summed E-state index contributed by atoms with van der Waals surface area (Å²) in [5, 5.41) is 9.42. The summed E-state index contributed by atoms with van der Waals surface area (Å²) in [6.45, 7) is -1.47. The van der Waals surface area contributed by atoms with E-state index in [0.29, 0.717) is 6.20 Å². The molecule has 1 aromatic rings. The Morgan fingerprint density at radius 3 is 2.56 bits per heavy atom. The molecule has 18 heavy (non-hydrogen) atoms. The maximum atomic E-state index is 12.6. The van der Waals surface area contributed by atoms with E-state index in [9.17, 15) is 27.5 Å². The van der Waals surface area contributed by atoms with Gasteiger partial charge in [0.05, 0.1) is 18.9 Å². The highest BCUT2D eigenvalue weighted by atomic mass is 19.4. The second kappa shape index (κ2) is 5.07. The highest BCUT2D eigenvalue weighted by Crippen LogP contribution is 2.34. The number of halogens is 4. The van der Waals surface area contributed by atoms with Crippen LogP contribution in [-0.2, 0) is 11.4 Å². The number of pyridine rings is 1. The van der Waals surface area contributed by atoms with Crippen LogP contribution in [0.4, 0.5) is 17.6 Å². The number of carbonyl (C=O) groups is 1. The monoisotopic (exact) mass is 269 g/mol. The van der Waals surface area contributed by atoms with Gasteiger partial charge in [-0.1, -0.05) is 0 Å². The van der Waals surface area contributed by atoms with Crippen LogP contribution in [0.5, 0.6) is 11.5 Å². The van der Waals surface area contributed by atoms with E-state index < -0.39 is 41.8 Å². The maximum absolute atomic E-state index is 12.6. The van der Waals surface area contributed by atoms with Gasteiger partial charge in [-0.15, -0.1) is 13.2 Å². The summed E-state index contributed by atoms with van der Waals surface area (Å²) in [6, 6.07) is 0. The molecule has 1 aromatic heterocycles. The lowest BCUT2D eigenvalue weighted by Gasteiger charge is -2.13. The summed E-state index contributed by atoms with van der Waals surface area (Å²) >= 11 is 0. The normalized spacial score (nSPS) is 11.2. The van der Waals surface area contributed by atoms with Crippen molar-refractivity contribution in [2.24, 2.45) is 0 Å². The number of nitrogens with zero attached hydrogens (tertiary/aromatic N) is 1. The number of methoxy groups -OCH3 is 1. The summed E-state index contributed by atoms with van der Waals surface area (Å²) in [6.07, 6.45) is -4.58. The topological polar surface area (TPSA) is 68.7 Å². The molecule has 0 spiro atoms. The molecule has 0 aliphatic heterocycles. The van der Waals surface area contributed by atoms with E-state index in [0.717, 1.165) is 7.11 Å². The largest absolute Gasteiger partial charge is 0.573 e. The van der Waals surface area contributed by atoms with Crippen LogP contribution in [0, 0.1) is 0 Å². The lowest BCUT2D eigenvalue weighted by molar-refractivity contribution is -0.275. The van der Waals surface area contributed by atoms with Crippen LogP contribution in [0.25, 0.3) is 0 Å². The molecule has 0 saturated heterocycles. The van der Waals surface area contributed by atoms with E-state index in [2.05, 4.69) is 14.5 Å². The minimum atomic E-state index is -5.06. The summed E-state index contributed by atoms with van der Waals surface area (Å²) < 4.78 is 56.2. The minimum absolute atomic E-state index is 0.481. The zero-order valence-electron chi connectivity index (χ0n) is 8.92. The molecule has 9 heteroatoms. The summed E-state index contributed by atoms with van der Waals surface area (Å²) in [7, 11) is 0.971. The van der Waals surface area contributed by atoms with Crippen LogP contribution in [0.1, 0.15) is 16.1 Å². The molecule has 0 aliphatic rings. The number of carbonyl (C=O) groups excluding carboxylic acids is 1. The molecule has 0 radical (unpaired) electrons. The molecule has 100 valence electrons. The summed E-state index contributed by atoms with van der Waals surface area (Å²) in [5.41, 5.74) is -1.53. The van der Waals surface area contributed by atoms with Gasteiger partial charge in [-0.2, -0.15) is 0 Å². The first-order chi connectivity index (χ1) is 8.30. The number of aromatic nitrogens is 1. The van der Waals surface area contributed by atoms with Gasteiger partial charge in [0.1, 0.15) is 6.67 Å². The van der Waals surface area contributed by atoms with Crippen LogP contribution in [0.3, 0.4) is 0 Å². The van der Waals surface area contributed by atoms with Gasteiger partial charge in [0.25, 0.3) is 0 Å². The summed E-state index contributed by atoms with van der Waals surface area (Å²) in [5.74, 6) is -3.18. The van der Waals surface area contributed by atoms with E-state index in [4.69, 9.17) is 0 Å². The lowest BCUT2D eigenvalue weighted by Crippen LogP contribution is -2.19. The molecule has 5 nitrogen and oxygen atoms in total. The quantitative estimate of drug-likeness (QED) is 0.670. The van der Waals surface area contributed by atoms with E-state index in [1.165, 1.54) is 0 Å². The molecule has 1 heterocycles. The van der Waals surface area contributed by atoms with Crippen LogP contribution >= 0.6 is 0 Å². The second-order valence-electron chi connectivity index (χ2n) is 2.97. The highest BCUT2D eigenvalue weighted by molar-refractivity contribution is 5.90. The number of ether oxygens (including phenoxy) is 2. The predicted octanol–water partition coefficient (Wildman–Crippen LogP) is 1.94. The molecule has 1 rings (SSSR count). The fourth-order valence-electron chi connectivity index (χ4n) is 1.11. The molecule has 0 amide bonds. The van der Waals surface area contributed by atoms with E-state index >= 15 is 0 Å². The number of hydrogen-bond donors (Lipinski definition) is 1. The minimum Gasteiger partial charge on any atom is -0.505 e. The van der Waals surface area contributed by atoms with Gasteiger partial charge in [0.15, 0.2) is 17.2 Å². The van der Waals surface area contributed by atoms with Crippen molar-refractivity contribution in [3.05, 3.63) is 17.5 Å². The van der Waals surface area contributed by atoms with Gasteiger partial charge >= 0.3 is 12.3 Å². The average Bonchev–Trinajstić information content (AvgIpc) is 2.26. The Balaban J connectivity index is 3.25. The molecular formula is C9H7F4NO4. The lowest BCUT2D eigenvalue weighted by atomic mass is 10.2. The molecule has 0 bridgehead atoms. The van der Waals surface area contributed by atoms with Crippen molar-refractivity contribution < 1.29 is 36.9 Å². The van der Waals surface area contributed by atoms with Crippen molar-refractivity contribution in [3.8, 4) is 11.5 Å². The molecule has 1 N–H and O–H groups in total. The van der Waals surface area contributed by atoms with Gasteiger partial charge < -0.3 is 14.6 Å². The van der Waals surface area contributed by atoms with E-state index in [1.807, 2.05) is 0 Å². The van der Waals surface area contributed by atoms with Crippen molar-refractivity contribution in [3.63, 3.8) is 0 Å². The SMILES string of the molecule is COC(=O)c1ncc(OC(F)(F)F)c(CF)c1O. The third kappa shape index (κ3) is 2.99. The Bertz CT molecular complexity index is 461. The average molecular weight is 269 g/mol. The Morgan fingerprint density at radius 2 is 2.11 bits per heavy atom. The van der Waals surface area contributed by atoms with Crippen molar-refractivity contribution in [2.75, 3.05) is 7.11 Å². The molecule has 0 atom stereocenters. The number of hydrogen-bond acceptors (Lipinski definition) is 5. The fraction of sp³-hybridized carbons (Fsp3) is 0.333. The van der Waals surface area contributed by atoms with Gasteiger partial charge in [-0.25, -0.2) is 14.2 Å². The van der Waals surface area contributed by atoms with Crippen LogP contribution < -0.4 is 4.74 Å². The Kier molecular flexibility index (Phi) is 3.94. The van der Waals surface area contributed by atoms with Crippen LogP contribution in [0.15, 0.2) is 6.20 Å². The number of rotatable bonds is 3. The summed E-state index contributed by atoms with van der Waals surface area (Å²) in [4.78, 5) is 14.3. The number of aromatic hydroxyl groups is 1. The van der Waals surface area contributed by atoms with Crippen LogP contribution in [-0.4, -0.2) is 29.5 Å².